The van der Waals surface area contributed by atoms with E-state index in [1.165, 1.54) is 31.6 Å². The summed E-state index contributed by atoms with van der Waals surface area (Å²) in [5.74, 6) is 1.26. The Bertz CT molecular complexity index is 151. The molecule has 0 amide bonds. The van der Waals surface area contributed by atoms with Gasteiger partial charge in [-0.15, -0.1) is 0 Å². The molecule has 0 fully saturated rings. The summed E-state index contributed by atoms with van der Waals surface area (Å²) in [6.45, 7) is 9.09. The summed E-state index contributed by atoms with van der Waals surface area (Å²) in [7, 11) is 2.26. The molecule has 0 saturated heterocycles. The molecule has 0 aliphatic rings. The van der Waals surface area contributed by atoms with Crippen LogP contribution >= 0.6 is 11.8 Å². The molecule has 1 N–H and O–H groups in total. The number of nitrogens with zero attached hydrogens (tertiary/aromatic N) is 1. The van der Waals surface area contributed by atoms with E-state index >= 15 is 0 Å². The molecule has 0 aromatic rings. The molecule has 1 atom stereocenters. The fourth-order valence-electron chi connectivity index (χ4n) is 1.81. The van der Waals surface area contributed by atoms with Crippen molar-refractivity contribution in [3.05, 3.63) is 0 Å². The standard InChI is InChI=1S/C13H30N2S/c1-6-13(11-16-5)15(4)10-8-7-9-14-12(2)3/h12-14H,6-11H2,1-5H3. The molecule has 0 spiro atoms. The first-order valence-electron chi connectivity index (χ1n) is 6.54. The third-order valence-electron chi connectivity index (χ3n) is 2.94. The molecule has 0 aromatic heterocycles. The minimum Gasteiger partial charge on any atom is -0.315 e. The number of rotatable bonds is 10. The fourth-order valence-corrected chi connectivity index (χ4v) is 2.68. The van der Waals surface area contributed by atoms with Gasteiger partial charge in [-0.3, -0.25) is 0 Å². The third kappa shape index (κ3) is 8.43. The van der Waals surface area contributed by atoms with E-state index in [2.05, 4.69) is 44.3 Å². The number of thioether (sulfide) groups is 1. The maximum absolute atomic E-state index is 3.46. The highest BCUT2D eigenvalue weighted by Gasteiger charge is 2.10. The zero-order valence-corrected chi connectivity index (χ0v) is 12.6. The maximum Gasteiger partial charge on any atom is 0.0180 e. The summed E-state index contributed by atoms with van der Waals surface area (Å²) in [6, 6.07) is 1.38. The highest BCUT2D eigenvalue weighted by Crippen LogP contribution is 2.08. The summed E-state index contributed by atoms with van der Waals surface area (Å²) >= 11 is 1.96. The minimum atomic E-state index is 0.623. The molecule has 0 aliphatic heterocycles. The largest absolute Gasteiger partial charge is 0.315 e. The van der Waals surface area contributed by atoms with Gasteiger partial charge in [0.25, 0.3) is 0 Å². The van der Waals surface area contributed by atoms with E-state index in [1.807, 2.05) is 11.8 Å². The second-order valence-electron chi connectivity index (χ2n) is 4.81. The number of hydrogen-bond acceptors (Lipinski definition) is 3. The summed E-state index contributed by atoms with van der Waals surface area (Å²) < 4.78 is 0. The lowest BCUT2D eigenvalue weighted by Crippen LogP contribution is -2.34. The van der Waals surface area contributed by atoms with E-state index in [0.29, 0.717) is 6.04 Å². The van der Waals surface area contributed by atoms with Crippen molar-refractivity contribution in [3.8, 4) is 0 Å². The smallest absolute Gasteiger partial charge is 0.0180 e. The lowest BCUT2D eigenvalue weighted by atomic mass is 10.2. The van der Waals surface area contributed by atoms with E-state index in [9.17, 15) is 0 Å². The van der Waals surface area contributed by atoms with Crippen LogP contribution in [0.3, 0.4) is 0 Å². The van der Waals surface area contributed by atoms with Crippen LogP contribution in [0.1, 0.15) is 40.0 Å². The molecule has 3 heteroatoms. The van der Waals surface area contributed by atoms with Crippen LogP contribution in [0.15, 0.2) is 0 Å². The Hall–Kier alpha value is 0.270. The zero-order valence-electron chi connectivity index (χ0n) is 11.8. The van der Waals surface area contributed by atoms with Gasteiger partial charge in [0, 0.05) is 17.8 Å². The molecule has 0 aliphatic carbocycles. The van der Waals surface area contributed by atoms with Gasteiger partial charge >= 0.3 is 0 Å². The molecule has 0 aromatic carbocycles. The molecular weight excluding hydrogens is 216 g/mol. The summed E-state index contributed by atoms with van der Waals surface area (Å²) in [5.41, 5.74) is 0. The maximum atomic E-state index is 3.46. The summed E-state index contributed by atoms with van der Waals surface area (Å²) in [6.07, 6.45) is 6.06. The van der Waals surface area contributed by atoms with E-state index < -0.39 is 0 Å². The minimum absolute atomic E-state index is 0.623. The quantitative estimate of drug-likeness (QED) is 0.597. The molecule has 1 unspecified atom stereocenters. The fraction of sp³-hybridized carbons (Fsp3) is 1.00. The van der Waals surface area contributed by atoms with Gasteiger partial charge in [-0.05, 0) is 45.7 Å². The monoisotopic (exact) mass is 246 g/mol. The average Bonchev–Trinajstić information content (AvgIpc) is 2.24. The second kappa shape index (κ2) is 10.4. The summed E-state index contributed by atoms with van der Waals surface area (Å²) in [5, 5.41) is 3.46. The number of hydrogen-bond donors (Lipinski definition) is 1. The lowest BCUT2D eigenvalue weighted by molar-refractivity contribution is 0.250. The summed E-state index contributed by atoms with van der Waals surface area (Å²) in [4.78, 5) is 2.52. The Labute approximate surface area is 107 Å². The van der Waals surface area contributed by atoms with Gasteiger partial charge in [0.05, 0.1) is 0 Å². The number of unbranched alkanes of at least 4 members (excludes halogenated alkanes) is 1. The van der Waals surface area contributed by atoms with Crippen molar-refractivity contribution in [2.75, 3.05) is 32.1 Å². The first-order valence-corrected chi connectivity index (χ1v) is 7.93. The van der Waals surface area contributed by atoms with Crippen LogP contribution in [0.5, 0.6) is 0 Å². The highest BCUT2D eigenvalue weighted by molar-refractivity contribution is 7.98. The van der Waals surface area contributed by atoms with Crippen LogP contribution in [-0.4, -0.2) is 49.1 Å². The second-order valence-corrected chi connectivity index (χ2v) is 5.72. The Morgan fingerprint density at radius 3 is 2.44 bits per heavy atom. The van der Waals surface area contributed by atoms with E-state index in [4.69, 9.17) is 0 Å². The molecular formula is C13H30N2S. The van der Waals surface area contributed by atoms with Gasteiger partial charge in [0.15, 0.2) is 0 Å². The van der Waals surface area contributed by atoms with Crippen LogP contribution in [0.2, 0.25) is 0 Å². The topological polar surface area (TPSA) is 15.3 Å². The van der Waals surface area contributed by atoms with Crippen LogP contribution in [-0.2, 0) is 0 Å². The van der Waals surface area contributed by atoms with Crippen LogP contribution in [0.4, 0.5) is 0 Å². The molecule has 0 bridgehead atoms. The van der Waals surface area contributed by atoms with Gasteiger partial charge in [-0.2, -0.15) is 11.8 Å². The Kier molecular flexibility index (Phi) is 10.6. The van der Waals surface area contributed by atoms with Crippen LogP contribution in [0, 0.1) is 0 Å². The molecule has 0 saturated carbocycles. The van der Waals surface area contributed by atoms with Crippen molar-refractivity contribution in [3.63, 3.8) is 0 Å². The molecule has 2 nitrogen and oxygen atoms in total. The Morgan fingerprint density at radius 1 is 1.25 bits per heavy atom. The average molecular weight is 246 g/mol. The van der Waals surface area contributed by atoms with Crippen molar-refractivity contribution in [1.29, 1.82) is 0 Å². The van der Waals surface area contributed by atoms with Crippen molar-refractivity contribution in [2.24, 2.45) is 0 Å². The first kappa shape index (κ1) is 16.3. The van der Waals surface area contributed by atoms with Crippen molar-refractivity contribution in [1.82, 2.24) is 10.2 Å². The van der Waals surface area contributed by atoms with Gasteiger partial charge in [0.2, 0.25) is 0 Å². The van der Waals surface area contributed by atoms with E-state index in [1.54, 1.807) is 0 Å². The van der Waals surface area contributed by atoms with Crippen molar-refractivity contribution >= 4 is 11.8 Å². The molecule has 0 heterocycles. The first-order chi connectivity index (χ1) is 7.61. The van der Waals surface area contributed by atoms with Crippen molar-refractivity contribution < 1.29 is 0 Å². The SMILES string of the molecule is CCC(CSC)N(C)CCCCNC(C)C. The molecule has 0 rings (SSSR count). The van der Waals surface area contributed by atoms with E-state index in [-0.39, 0.29) is 0 Å². The Balaban J connectivity index is 3.51. The normalized spacial score (nSPS) is 13.7. The predicted molar refractivity (Wildman–Crippen MR) is 77.5 cm³/mol. The Morgan fingerprint density at radius 2 is 1.94 bits per heavy atom. The number of nitrogens with one attached hydrogen (secondary N) is 1. The molecule has 16 heavy (non-hydrogen) atoms. The van der Waals surface area contributed by atoms with Gasteiger partial charge in [-0.1, -0.05) is 20.8 Å². The van der Waals surface area contributed by atoms with Gasteiger partial charge in [-0.25, -0.2) is 0 Å². The van der Waals surface area contributed by atoms with E-state index in [0.717, 1.165) is 12.6 Å². The van der Waals surface area contributed by atoms with Crippen LogP contribution < -0.4 is 5.32 Å². The molecule has 0 radical (unpaired) electrons. The zero-order chi connectivity index (χ0) is 12.4. The van der Waals surface area contributed by atoms with Gasteiger partial charge in [0.1, 0.15) is 0 Å². The van der Waals surface area contributed by atoms with Gasteiger partial charge < -0.3 is 10.2 Å². The molecule has 98 valence electrons. The van der Waals surface area contributed by atoms with Crippen molar-refractivity contribution in [2.45, 2.75) is 52.1 Å². The lowest BCUT2D eigenvalue weighted by Gasteiger charge is -2.26. The van der Waals surface area contributed by atoms with Crippen LogP contribution in [0.25, 0.3) is 0 Å². The highest BCUT2D eigenvalue weighted by atomic mass is 32.2. The predicted octanol–water partition coefficient (Wildman–Crippen LogP) is 2.84. The third-order valence-corrected chi connectivity index (χ3v) is 3.66.